The summed E-state index contributed by atoms with van der Waals surface area (Å²) >= 11 is 6.30. The minimum atomic E-state index is -4.13. The topological polar surface area (TPSA) is 66.5 Å². The molecular formula is C25H23ClN2O3S. The third-order valence-corrected chi connectivity index (χ3v) is 7.72. The summed E-state index contributed by atoms with van der Waals surface area (Å²) in [5.74, 6) is -0.676. The number of anilines is 2. The van der Waals surface area contributed by atoms with Gasteiger partial charge >= 0.3 is 0 Å². The van der Waals surface area contributed by atoms with Crippen LogP contribution in [0, 0.1) is 13.8 Å². The molecule has 0 aliphatic carbocycles. The second kappa shape index (κ2) is 8.45. The van der Waals surface area contributed by atoms with Crippen molar-refractivity contribution in [1.82, 2.24) is 0 Å². The van der Waals surface area contributed by atoms with Gasteiger partial charge in [0.25, 0.3) is 15.9 Å². The second-order valence-corrected chi connectivity index (χ2v) is 9.86. The Morgan fingerprint density at radius 1 is 0.969 bits per heavy atom. The number of para-hydroxylation sites is 1. The van der Waals surface area contributed by atoms with Crippen LogP contribution in [0.5, 0.6) is 0 Å². The first-order valence-electron chi connectivity index (χ1n) is 10.3. The summed E-state index contributed by atoms with van der Waals surface area (Å²) in [6.07, 6.45) is 0. The standard InChI is InChI=1S/C25H23ClN2O3S/c1-4-28-21-14-13-19(26)15-20(21)22(18-11-6-5-7-12-18)24(32(28,30)31)25(29)27-23-16(2)9-8-10-17(23)3/h5-15H,4H2,1-3H3,(H,27,29). The van der Waals surface area contributed by atoms with Gasteiger partial charge in [0.2, 0.25) is 0 Å². The number of nitrogens with zero attached hydrogens (tertiary/aromatic N) is 1. The monoisotopic (exact) mass is 466 g/mol. The van der Waals surface area contributed by atoms with E-state index in [-0.39, 0.29) is 11.4 Å². The first-order valence-corrected chi connectivity index (χ1v) is 12.1. The largest absolute Gasteiger partial charge is 0.321 e. The predicted molar refractivity (Wildman–Crippen MR) is 130 cm³/mol. The van der Waals surface area contributed by atoms with Gasteiger partial charge in [-0.3, -0.25) is 9.10 Å². The number of aryl methyl sites for hydroxylation is 2. The van der Waals surface area contributed by atoms with Gasteiger partial charge in [-0.1, -0.05) is 60.1 Å². The number of halogens is 1. The van der Waals surface area contributed by atoms with Crippen molar-refractivity contribution in [2.45, 2.75) is 20.8 Å². The molecule has 0 atom stereocenters. The molecule has 0 saturated carbocycles. The van der Waals surface area contributed by atoms with Crippen molar-refractivity contribution in [2.75, 3.05) is 16.2 Å². The highest BCUT2D eigenvalue weighted by atomic mass is 35.5. The Morgan fingerprint density at radius 2 is 1.62 bits per heavy atom. The van der Waals surface area contributed by atoms with Crippen LogP contribution >= 0.6 is 11.6 Å². The van der Waals surface area contributed by atoms with Gasteiger partial charge in [-0.2, -0.15) is 0 Å². The Kier molecular flexibility index (Phi) is 5.84. The quantitative estimate of drug-likeness (QED) is 0.550. The number of sulfonamides is 1. The molecule has 0 unspecified atom stereocenters. The average Bonchev–Trinajstić information content (AvgIpc) is 2.76. The number of rotatable bonds is 4. The lowest BCUT2D eigenvalue weighted by molar-refractivity contribution is -0.112. The summed E-state index contributed by atoms with van der Waals surface area (Å²) in [6.45, 7) is 5.67. The SMILES string of the molecule is CCN1c2ccc(Cl)cc2C(c2ccccc2)=C(C(=O)Nc2c(C)cccc2C)S1(=O)=O. The maximum Gasteiger partial charge on any atom is 0.270 e. The van der Waals surface area contributed by atoms with E-state index in [1.165, 1.54) is 4.31 Å². The van der Waals surface area contributed by atoms with Crippen LogP contribution in [0.4, 0.5) is 11.4 Å². The lowest BCUT2D eigenvalue weighted by atomic mass is 9.95. The summed E-state index contributed by atoms with van der Waals surface area (Å²) < 4.78 is 28.8. The number of benzene rings is 3. The highest BCUT2D eigenvalue weighted by Crippen LogP contribution is 2.44. The van der Waals surface area contributed by atoms with Crippen LogP contribution in [0.25, 0.3) is 5.57 Å². The van der Waals surface area contributed by atoms with E-state index in [4.69, 9.17) is 11.6 Å². The smallest absolute Gasteiger partial charge is 0.270 e. The number of amides is 1. The molecule has 0 radical (unpaired) electrons. The zero-order chi connectivity index (χ0) is 23.0. The molecule has 4 rings (SSSR count). The molecule has 0 spiro atoms. The first kappa shape index (κ1) is 22.1. The summed E-state index contributed by atoms with van der Waals surface area (Å²) in [5, 5.41) is 3.32. The predicted octanol–water partition coefficient (Wildman–Crippen LogP) is 5.52. The maximum atomic E-state index is 13.8. The summed E-state index contributed by atoms with van der Waals surface area (Å²) in [6, 6.07) is 19.7. The Hall–Kier alpha value is -3.09. The number of nitrogens with one attached hydrogen (secondary N) is 1. The van der Waals surface area contributed by atoms with Crippen molar-refractivity contribution in [3.8, 4) is 0 Å². The van der Waals surface area contributed by atoms with E-state index in [1.54, 1.807) is 37.3 Å². The van der Waals surface area contributed by atoms with Crippen LogP contribution in [0.1, 0.15) is 29.2 Å². The fourth-order valence-corrected chi connectivity index (χ4v) is 5.98. The van der Waals surface area contributed by atoms with Crippen LogP contribution in [0.15, 0.2) is 71.6 Å². The number of carbonyl (C=O) groups excluding carboxylic acids is 1. The molecule has 1 aliphatic heterocycles. The van der Waals surface area contributed by atoms with E-state index in [0.717, 1.165) is 11.1 Å². The average molecular weight is 467 g/mol. The summed E-state index contributed by atoms with van der Waals surface area (Å²) in [7, 11) is -4.13. The molecule has 1 heterocycles. The number of hydrogen-bond donors (Lipinski definition) is 1. The second-order valence-electron chi connectivity index (χ2n) is 7.62. The fourth-order valence-electron chi connectivity index (χ4n) is 4.06. The van der Waals surface area contributed by atoms with Gasteiger partial charge in [0.05, 0.1) is 5.69 Å². The Labute approximate surface area is 193 Å². The van der Waals surface area contributed by atoms with E-state index in [9.17, 15) is 13.2 Å². The van der Waals surface area contributed by atoms with Crippen LogP contribution in [-0.2, 0) is 14.8 Å². The summed E-state index contributed by atoms with van der Waals surface area (Å²) in [4.78, 5) is 13.3. The molecule has 7 heteroatoms. The van der Waals surface area contributed by atoms with Crippen LogP contribution < -0.4 is 9.62 Å². The lowest BCUT2D eigenvalue weighted by Crippen LogP contribution is -2.39. The summed E-state index contributed by atoms with van der Waals surface area (Å²) in [5.41, 5.74) is 4.38. The van der Waals surface area contributed by atoms with Crippen molar-refractivity contribution in [2.24, 2.45) is 0 Å². The number of carbonyl (C=O) groups is 1. The molecule has 0 fully saturated rings. The Balaban J connectivity index is 2.03. The van der Waals surface area contributed by atoms with Crippen molar-refractivity contribution < 1.29 is 13.2 Å². The van der Waals surface area contributed by atoms with Crippen molar-refractivity contribution in [3.05, 3.63) is 98.9 Å². The zero-order valence-corrected chi connectivity index (χ0v) is 19.6. The van der Waals surface area contributed by atoms with Gasteiger partial charge in [0.15, 0.2) is 4.91 Å². The van der Waals surface area contributed by atoms with Gasteiger partial charge in [0.1, 0.15) is 0 Å². The fraction of sp³-hybridized carbons (Fsp3) is 0.160. The van der Waals surface area contributed by atoms with E-state index in [0.29, 0.717) is 33.1 Å². The van der Waals surface area contributed by atoms with Gasteiger partial charge in [-0.25, -0.2) is 8.42 Å². The molecule has 164 valence electrons. The Bertz CT molecular complexity index is 1330. The molecular weight excluding hydrogens is 444 g/mol. The van der Waals surface area contributed by atoms with Crippen molar-refractivity contribution in [3.63, 3.8) is 0 Å². The van der Waals surface area contributed by atoms with E-state index < -0.39 is 15.9 Å². The highest BCUT2D eigenvalue weighted by Gasteiger charge is 2.41. The van der Waals surface area contributed by atoms with Gasteiger partial charge in [-0.05, 0) is 55.7 Å². The van der Waals surface area contributed by atoms with E-state index in [1.807, 2.05) is 50.2 Å². The van der Waals surface area contributed by atoms with Gasteiger partial charge in [-0.15, -0.1) is 0 Å². The van der Waals surface area contributed by atoms with Gasteiger partial charge in [0, 0.05) is 28.4 Å². The number of fused-ring (bicyclic) bond motifs is 1. The van der Waals surface area contributed by atoms with Crippen molar-refractivity contribution >= 4 is 44.5 Å². The molecule has 1 amide bonds. The zero-order valence-electron chi connectivity index (χ0n) is 18.0. The molecule has 5 nitrogen and oxygen atoms in total. The number of hydrogen-bond acceptors (Lipinski definition) is 3. The molecule has 0 saturated heterocycles. The maximum absolute atomic E-state index is 13.8. The minimum Gasteiger partial charge on any atom is -0.321 e. The van der Waals surface area contributed by atoms with Crippen LogP contribution in [0.3, 0.4) is 0 Å². The molecule has 3 aromatic carbocycles. The molecule has 1 N–H and O–H groups in total. The normalized spacial score (nSPS) is 14.8. The van der Waals surface area contributed by atoms with Crippen molar-refractivity contribution in [1.29, 1.82) is 0 Å². The minimum absolute atomic E-state index is 0.180. The molecule has 1 aliphatic rings. The highest BCUT2D eigenvalue weighted by molar-refractivity contribution is 7.97. The Morgan fingerprint density at radius 3 is 2.25 bits per heavy atom. The van der Waals surface area contributed by atoms with Crippen LogP contribution in [-0.4, -0.2) is 20.9 Å². The lowest BCUT2D eigenvalue weighted by Gasteiger charge is -2.33. The molecule has 32 heavy (non-hydrogen) atoms. The molecule has 0 aromatic heterocycles. The third-order valence-electron chi connectivity index (χ3n) is 5.55. The molecule has 0 bridgehead atoms. The first-order chi connectivity index (χ1) is 15.3. The van der Waals surface area contributed by atoms with E-state index >= 15 is 0 Å². The van der Waals surface area contributed by atoms with E-state index in [2.05, 4.69) is 5.32 Å². The van der Waals surface area contributed by atoms with Gasteiger partial charge < -0.3 is 5.32 Å². The van der Waals surface area contributed by atoms with Crippen LogP contribution in [0.2, 0.25) is 5.02 Å². The third kappa shape index (κ3) is 3.70. The molecule has 3 aromatic rings.